The molecule has 15 heavy (non-hydrogen) atoms. The summed E-state index contributed by atoms with van der Waals surface area (Å²) in [6.45, 7) is 0.531. The van der Waals surface area contributed by atoms with Gasteiger partial charge in [0, 0.05) is 24.0 Å². The van der Waals surface area contributed by atoms with E-state index in [-0.39, 0.29) is 12.5 Å². The molecule has 0 amide bonds. The number of fused-ring (bicyclic) bond motifs is 1. The van der Waals surface area contributed by atoms with Crippen LogP contribution in [0.1, 0.15) is 11.5 Å². The Bertz CT molecular complexity index is 452. The molecule has 0 saturated heterocycles. The number of benzene rings is 1. The van der Waals surface area contributed by atoms with E-state index < -0.39 is 0 Å². The fourth-order valence-electron chi connectivity index (χ4n) is 1.65. The van der Waals surface area contributed by atoms with E-state index in [1.165, 1.54) is 0 Å². The van der Waals surface area contributed by atoms with E-state index in [2.05, 4.69) is 4.98 Å². The summed E-state index contributed by atoms with van der Waals surface area (Å²) in [5.74, 6) is 0.0106. The van der Waals surface area contributed by atoms with Crippen LogP contribution in [0.15, 0.2) is 36.5 Å². The van der Waals surface area contributed by atoms with Crippen LogP contribution in [-0.2, 0) is 0 Å². The maximum Gasteiger partial charge on any atom is 0.0704 e. The number of nitrogens with two attached hydrogens (primary N) is 1. The van der Waals surface area contributed by atoms with E-state index >= 15 is 0 Å². The fraction of sp³-hybridized carbons (Fsp3) is 0.250. The van der Waals surface area contributed by atoms with Crippen molar-refractivity contribution in [3.05, 3.63) is 42.1 Å². The van der Waals surface area contributed by atoms with Crippen LogP contribution in [0.2, 0.25) is 0 Å². The summed E-state index contributed by atoms with van der Waals surface area (Å²) in [5.41, 5.74) is 7.57. The van der Waals surface area contributed by atoms with Crippen LogP contribution in [0.5, 0.6) is 0 Å². The molecule has 3 heteroatoms. The molecule has 0 spiro atoms. The van der Waals surface area contributed by atoms with Crippen LogP contribution in [-0.4, -0.2) is 23.2 Å². The van der Waals surface area contributed by atoms with Gasteiger partial charge < -0.3 is 10.8 Å². The first-order valence-electron chi connectivity index (χ1n) is 5.00. The van der Waals surface area contributed by atoms with Gasteiger partial charge in [0.05, 0.1) is 12.1 Å². The molecule has 0 aliphatic heterocycles. The number of rotatable bonds is 3. The van der Waals surface area contributed by atoms with E-state index in [1.54, 1.807) is 6.20 Å². The molecule has 1 aromatic heterocycles. The molecule has 1 aromatic carbocycles. The summed E-state index contributed by atoms with van der Waals surface area (Å²) in [5, 5.41) is 10.3. The van der Waals surface area contributed by atoms with Crippen LogP contribution < -0.4 is 5.73 Å². The zero-order valence-corrected chi connectivity index (χ0v) is 8.43. The van der Waals surface area contributed by atoms with Crippen LogP contribution in [0.3, 0.4) is 0 Å². The Morgan fingerprint density at radius 1 is 1.33 bits per heavy atom. The fourth-order valence-corrected chi connectivity index (χ4v) is 1.65. The molecule has 0 aliphatic rings. The highest BCUT2D eigenvalue weighted by atomic mass is 16.3. The highest BCUT2D eigenvalue weighted by molar-refractivity contribution is 5.79. The van der Waals surface area contributed by atoms with Crippen molar-refractivity contribution in [1.29, 1.82) is 0 Å². The quantitative estimate of drug-likeness (QED) is 0.788. The van der Waals surface area contributed by atoms with E-state index in [4.69, 9.17) is 10.8 Å². The van der Waals surface area contributed by atoms with Gasteiger partial charge in [0.15, 0.2) is 0 Å². The molecular weight excluding hydrogens is 188 g/mol. The van der Waals surface area contributed by atoms with Crippen LogP contribution in [0.4, 0.5) is 0 Å². The molecule has 2 rings (SSSR count). The molecule has 3 N–H and O–H groups in total. The zero-order chi connectivity index (χ0) is 10.7. The number of aliphatic hydroxyl groups excluding tert-OH is 1. The Hall–Kier alpha value is -1.45. The minimum absolute atomic E-state index is 0.0106. The molecule has 0 fully saturated rings. The molecule has 0 aliphatic carbocycles. The van der Waals surface area contributed by atoms with Crippen molar-refractivity contribution < 1.29 is 5.11 Å². The first-order chi connectivity index (χ1) is 7.35. The molecule has 78 valence electrons. The third-order valence-electron chi connectivity index (χ3n) is 2.61. The van der Waals surface area contributed by atoms with Gasteiger partial charge in [0.25, 0.3) is 0 Å². The van der Waals surface area contributed by atoms with Crippen molar-refractivity contribution in [2.45, 2.75) is 5.92 Å². The van der Waals surface area contributed by atoms with E-state index in [0.717, 1.165) is 16.5 Å². The number of aromatic nitrogens is 1. The van der Waals surface area contributed by atoms with Gasteiger partial charge in [-0.2, -0.15) is 0 Å². The third kappa shape index (κ3) is 1.98. The molecule has 1 unspecified atom stereocenters. The van der Waals surface area contributed by atoms with E-state index in [0.29, 0.717) is 6.54 Å². The van der Waals surface area contributed by atoms with Crippen LogP contribution in [0.25, 0.3) is 10.9 Å². The van der Waals surface area contributed by atoms with Crippen LogP contribution in [0, 0.1) is 0 Å². The molecule has 1 atom stereocenters. The average molecular weight is 202 g/mol. The zero-order valence-electron chi connectivity index (χ0n) is 8.43. The maximum absolute atomic E-state index is 9.15. The predicted molar refractivity (Wildman–Crippen MR) is 60.6 cm³/mol. The Morgan fingerprint density at radius 3 is 2.93 bits per heavy atom. The lowest BCUT2D eigenvalue weighted by Crippen LogP contribution is -2.15. The van der Waals surface area contributed by atoms with E-state index in [1.807, 2.05) is 30.3 Å². The Balaban J connectivity index is 2.46. The summed E-state index contributed by atoms with van der Waals surface area (Å²) in [7, 11) is 0. The minimum atomic E-state index is 0.0106. The van der Waals surface area contributed by atoms with Crippen molar-refractivity contribution in [3.8, 4) is 0 Å². The standard InChI is InChI=1S/C12H14N2O/c13-7-11(8-15)10-4-3-9-2-1-5-14-12(9)6-10/h1-6,11,15H,7-8,13H2. The van der Waals surface area contributed by atoms with Gasteiger partial charge in [-0.25, -0.2) is 0 Å². The number of nitrogens with zero attached hydrogens (tertiary/aromatic N) is 1. The number of pyridine rings is 1. The van der Waals surface area contributed by atoms with Crippen molar-refractivity contribution in [2.24, 2.45) is 5.73 Å². The number of aliphatic hydroxyl groups is 1. The molecule has 2 aromatic rings. The highest BCUT2D eigenvalue weighted by Crippen LogP contribution is 2.19. The topological polar surface area (TPSA) is 59.1 Å². The molecular formula is C12H14N2O. The molecule has 0 saturated carbocycles. The van der Waals surface area contributed by atoms with Crippen molar-refractivity contribution in [1.82, 2.24) is 4.98 Å². The summed E-state index contributed by atoms with van der Waals surface area (Å²) in [6.07, 6.45) is 1.77. The van der Waals surface area contributed by atoms with Crippen molar-refractivity contribution >= 4 is 10.9 Å². The minimum Gasteiger partial charge on any atom is -0.396 e. The van der Waals surface area contributed by atoms with Crippen molar-refractivity contribution in [3.63, 3.8) is 0 Å². The van der Waals surface area contributed by atoms with Gasteiger partial charge in [-0.1, -0.05) is 18.2 Å². The molecule has 0 bridgehead atoms. The van der Waals surface area contributed by atoms with Crippen LogP contribution >= 0.6 is 0 Å². The van der Waals surface area contributed by atoms with Gasteiger partial charge in [0.1, 0.15) is 0 Å². The van der Waals surface area contributed by atoms with Gasteiger partial charge >= 0.3 is 0 Å². The SMILES string of the molecule is NCC(CO)c1ccc2cccnc2c1. The second-order valence-corrected chi connectivity index (χ2v) is 3.57. The average Bonchev–Trinajstić information content (AvgIpc) is 2.30. The predicted octanol–water partition coefficient (Wildman–Crippen LogP) is 1.27. The lowest BCUT2D eigenvalue weighted by atomic mass is 9.99. The second kappa shape index (κ2) is 4.38. The first kappa shape index (κ1) is 10.1. The lowest BCUT2D eigenvalue weighted by Gasteiger charge is -2.12. The second-order valence-electron chi connectivity index (χ2n) is 3.57. The molecule has 3 nitrogen and oxygen atoms in total. The molecule has 0 radical (unpaired) electrons. The highest BCUT2D eigenvalue weighted by Gasteiger charge is 2.08. The summed E-state index contributed by atoms with van der Waals surface area (Å²) in [6, 6.07) is 9.92. The Morgan fingerprint density at radius 2 is 2.20 bits per heavy atom. The summed E-state index contributed by atoms with van der Waals surface area (Å²) < 4.78 is 0. The molecule has 1 heterocycles. The van der Waals surface area contributed by atoms with E-state index in [9.17, 15) is 0 Å². The normalized spacial score (nSPS) is 12.9. The van der Waals surface area contributed by atoms with Gasteiger partial charge in [-0.05, 0) is 17.7 Å². The third-order valence-corrected chi connectivity index (χ3v) is 2.61. The Kier molecular flexibility index (Phi) is 2.94. The van der Waals surface area contributed by atoms with Crippen molar-refractivity contribution in [2.75, 3.05) is 13.2 Å². The maximum atomic E-state index is 9.15. The lowest BCUT2D eigenvalue weighted by molar-refractivity contribution is 0.268. The van der Waals surface area contributed by atoms with Gasteiger partial charge in [-0.15, -0.1) is 0 Å². The number of hydrogen-bond donors (Lipinski definition) is 2. The smallest absolute Gasteiger partial charge is 0.0704 e. The summed E-state index contributed by atoms with van der Waals surface area (Å²) >= 11 is 0. The van der Waals surface area contributed by atoms with Gasteiger partial charge in [-0.3, -0.25) is 4.98 Å². The largest absolute Gasteiger partial charge is 0.396 e. The first-order valence-corrected chi connectivity index (χ1v) is 5.00. The van der Waals surface area contributed by atoms with Gasteiger partial charge in [0.2, 0.25) is 0 Å². The summed E-state index contributed by atoms with van der Waals surface area (Å²) in [4.78, 5) is 4.27. The monoisotopic (exact) mass is 202 g/mol. The Labute approximate surface area is 88.6 Å². The number of hydrogen-bond acceptors (Lipinski definition) is 3.